The lowest BCUT2D eigenvalue weighted by Crippen LogP contribution is -2.21. The first kappa shape index (κ1) is 20.4. The number of aromatic nitrogens is 1. The molecule has 1 N–H and O–H groups in total. The number of amides is 1. The van der Waals surface area contributed by atoms with Gasteiger partial charge in [-0.1, -0.05) is 36.4 Å². The summed E-state index contributed by atoms with van der Waals surface area (Å²) in [7, 11) is 1.63. The summed E-state index contributed by atoms with van der Waals surface area (Å²) in [6.45, 7) is 4.25. The van der Waals surface area contributed by atoms with Crippen LogP contribution in [-0.4, -0.2) is 18.0 Å². The van der Waals surface area contributed by atoms with Crippen LogP contribution in [0.4, 0.5) is 0 Å². The molecule has 31 heavy (non-hydrogen) atoms. The largest absolute Gasteiger partial charge is 0.496 e. The van der Waals surface area contributed by atoms with E-state index in [1.807, 2.05) is 56.3 Å². The van der Waals surface area contributed by atoms with Gasteiger partial charge in [-0.05, 0) is 43.2 Å². The Labute approximate surface area is 181 Å². The molecule has 0 atom stereocenters. The Bertz CT molecular complexity index is 1240. The molecular weight excluding hydrogens is 388 g/mol. The second kappa shape index (κ2) is 8.88. The van der Waals surface area contributed by atoms with E-state index < -0.39 is 0 Å². The third-order valence-electron chi connectivity index (χ3n) is 5.28. The molecule has 156 valence electrons. The normalized spacial score (nSPS) is 11.5. The monoisotopic (exact) mass is 412 g/mol. The summed E-state index contributed by atoms with van der Waals surface area (Å²) >= 11 is 0. The predicted molar refractivity (Wildman–Crippen MR) is 123 cm³/mol. The van der Waals surface area contributed by atoms with E-state index >= 15 is 0 Å². The first-order valence-corrected chi connectivity index (χ1v) is 10.1. The first-order chi connectivity index (χ1) is 15.1. The van der Waals surface area contributed by atoms with Gasteiger partial charge in [0.15, 0.2) is 0 Å². The van der Waals surface area contributed by atoms with Crippen LogP contribution in [0.25, 0.3) is 27.7 Å². The van der Waals surface area contributed by atoms with E-state index in [2.05, 4.69) is 22.4 Å². The summed E-state index contributed by atoms with van der Waals surface area (Å²) in [5.74, 6) is 0.520. The number of rotatable bonds is 6. The van der Waals surface area contributed by atoms with Crippen LogP contribution in [-0.2, 0) is 11.3 Å². The number of nitrogens with zero attached hydrogens (tertiary/aromatic N) is 1. The Hall–Kier alpha value is -3.86. The molecule has 0 aliphatic heterocycles. The van der Waals surface area contributed by atoms with Gasteiger partial charge in [-0.3, -0.25) is 9.78 Å². The molecule has 2 aromatic heterocycles. The number of hydrogen-bond acceptors (Lipinski definition) is 4. The van der Waals surface area contributed by atoms with Crippen LogP contribution >= 0.6 is 0 Å². The Morgan fingerprint density at radius 2 is 1.94 bits per heavy atom. The van der Waals surface area contributed by atoms with E-state index in [0.717, 1.165) is 44.5 Å². The van der Waals surface area contributed by atoms with E-state index in [9.17, 15) is 4.79 Å². The van der Waals surface area contributed by atoms with Crippen molar-refractivity contribution in [2.24, 2.45) is 0 Å². The number of hydrogen-bond donors (Lipinski definition) is 1. The van der Waals surface area contributed by atoms with Gasteiger partial charge in [0.1, 0.15) is 11.3 Å². The van der Waals surface area contributed by atoms with Gasteiger partial charge in [0.05, 0.1) is 25.6 Å². The van der Waals surface area contributed by atoms with Gasteiger partial charge in [0.25, 0.3) is 0 Å². The Kier molecular flexibility index (Phi) is 5.85. The molecule has 2 aromatic carbocycles. The van der Waals surface area contributed by atoms with E-state index in [4.69, 9.17) is 9.15 Å². The van der Waals surface area contributed by atoms with E-state index in [1.54, 1.807) is 25.6 Å². The van der Waals surface area contributed by atoms with Crippen LogP contribution in [0.3, 0.4) is 0 Å². The number of allylic oxidation sites excluding steroid dienone is 1. The summed E-state index contributed by atoms with van der Waals surface area (Å²) in [5.41, 5.74) is 6.24. The molecule has 0 saturated heterocycles. The fraction of sp³-hybridized carbons (Fsp3) is 0.154. The molecule has 5 nitrogen and oxygen atoms in total. The average molecular weight is 412 g/mol. The number of aryl methyl sites for hydroxylation is 1. The van der Waals surface area contributed by atoms with E-state index in [-0.39, 0.29) is 5.91 Å². The lowest BCUT2D eigenvalue weighted by Gasteiger charge is -2.13. The molecular formula is C26H24N2O3. The van der Waals surface area contributed by atoms with Crippen molar-refractivity contribution in [3.05, 3.63) is 90.0 Å². The zero-order chi connectivity index (χ0) is 21.8. The van der Waals surface area contributed by atoms with Gasteiger partial charge >= 0.3 is 0 Å². The standard InChI is InChI=1S/C26H24N2O3/c1-17(13-24(29)28-15-20-11-7-8-12-27-20)21-14-22-23(19-9-5-4-6-10-19)16-31-26(22)18(2)25(21)30-3/h4-14,16H,15H2,1-3H3,(H,28,29)/b17-13+. The van der Waals surface area contributed by atoms with Crippen molar-refractivity contribution in [1.29, 1.82) is 0 Å². The molecule has 0 saturated carbocycles. The van der Waals surface area contributed by atoms with Crippen molar-refractivity contribution >= 4 is 22.4 Å². The maximum atomic E-state index is 12.5. The zero-order valence-corrected chi connectivity index (χ0v) is 17.8. The molecule has 2 heterocycles. The molecule has 4 aromatic rings. The van der Waals surface area contributed by atoms with Crippen LogP contribution in [0.2, 0.25) is 0 Å². The minimum Gasteiger partial charge on any atom is -0.496 e. The van der Waals surface area contributed by atoms with Crippen LogP contribution in [0.5, 0.6) is 5.75 Å². The number of furan rings is 1. The number of nitrogens with one attached hydrogen (secondary N) is 1. The third kappa shape index (κ3) is 4.21. The topological polar surface area (TPSA) is 64.4 Å². The summed E-state index contributed by atoms with van der Waals surface area (Å²) in [6, 6.07) is 17.8. The first-order valence-electron chi connectivity index (χ1n) is 10.1. The molecule has 0 radical (unpaired) electrons. The maximum Gasteiger partial charge on any atom is 0.244 e. The van der Waals surface area contributed by atoms with Crippen molar-refractivity contribution in [3.63, 3.8) is 0 Å². The van der Waals surface area contributed by atoms with Gasteiger partial charge in [0, 0.05) is 34.3 Å². The van der Waals surface area contributed by atoms with Crippen molar-refractivity contribution < 1.29 is 13.9 Å². The average Bonchev–Trinajstić information content (AvgIpc) is 3.23. The van der Waals surface area contributed by atoms with Crippen molar-refractivity contribution in [3.8, 4) is 16.9 Å². The van der Waals surface area contributed by atoms with Crippen molar-refractivity contribution in [2.45, 2.75) is 20.4 Å². The highest BCUT2D eigenvalue weighted by molar-refractivity contribution is 6.01. The van der Waals surface area contributed by atoms with Gasteiger partial charge in [-0.25, -0.2) is 0 Å². The summed E-state index contributed by atoms with van der Waals surface area (Å²) in [6.07, 6.45) is 5.07. The zero-order valence-electron chi connectivity index (χ0n) is 17.8. The quantitative estimate of drug-likeness (QED) is 0.423. The number of benzene rings is 2. The molecule has 0 aliphatic carbocycles. The minimum atomic E-state index is -0.182. The SMILES string of the molecule is COc1c(/C(C)=C/C(=O)NCc2ccccn2)cc2c(-c3ccccc3)coc2c1C. The van der Waals surface area contributed by atoms with Gasteiger partial charge in [-0.15, -0.1) is 0 Å². The van der Waals surface area contributed by atoms with Gasteiger partial charge in [-0.2, -0.15) is 0 Å². The summed E-state index contributed by atoms with van der Waals surface area (Å²) in [5, 5.41) is 3.87. The second-order valence-corrected chi connectivity index (χ2v) is 7.34. The molecule has 0 aliphatic rings. The fourth-order valence-corrected chi connectivity index (χ4v) is 3.72. The molecule has 0 unspecified atom stereocenters. The maximum absolute atomic E-state index is 12.5. The number of fused-ring (bicyclic) bond motifs is 1. The van der Waals surface area contributed by atoms with E-state index in [1.165, 1.54) is 0 Å². The molecule has 0 fully saturated rings. The summed E-state index contributed by atoms with van der Waals surface area (Å²) < 4.78 is 11.6. The molecule has 5 heteroatoms. The van der Waals surface area contributed by atoms with Crippen LogP contribution < -0.4 is 10.1 Å². The number of ether oxygens (including phenoxy) is 1. The van der Waals surface area contributed by atoms with Crippen LogP contribution in [0.15, 0.2) is 77.6 Å². The predicted octanol–water partition coefficient (Wildman–Crippen LogP) is 5.53. The molecule has 4 rings (SSSR count). The minimum absolute atomic E-state index is 0.182. The van der Waals surface area contributed by atoms with Gasteiger partial charge in [0.2, 0.25) is 5.91 Å². The highest BCUT2D eigenvalue weighted by atomic mass is 16.5. The smallest absolute Gasteiger partial charge is 0.244 e. The van der Waals surface area contributed by atoms with Crippen LogP contribution in [0, 0.1) is 6.92 Å². The van der Waals surface area contributed by atoms with Crippen molar-refractivity contribution in [2.75, 3.05) is 7.11 Å². The molecule has 0 spiro atoms. The number of methoxy groups -OCH3 is 1. The number of carbonyl (C=O) groups is 1. The number of pyridine rings is 1. The third-order valence-corrected chi connectivity index (χ3v) is 5.28. The summed E-state index contributed by atoms with van der Waals surface area (Å²) in [4.78, 5) is 16.7. The second-order valence-electron chi connectivity index (χ2n) is 7.34. The molecule has 1 amide bonds. The Balaban J connectivity index is 1.70. The fourth-order valence-electron chi connectivity index (χ4n) is 3.72. The van der Waals surface area contributed by atoms with Crippen LogP contribution in [0.1, 0.15) is 23.7 Å². The molecule has 0 bridgehead atoms. The van der Waals surface area contributed by atoms with Gasteiger partial charge < -0.3 is 14.5 Å². The lowest BCUT2D eigenvalue weighted by molar-refractivity contribution is -0.116. The number of carbonyl (C=O) groups excluding carboxylic acids is 1. The Morgan fingerprint density at radius 3 is 2.65 bits per heavy atom. The van der Waals surface area contributed by atoms with Crippen molar-refractivity contribution in [1.82, 2.24) is 10.3 Å². The lowest BCUT2D eigenvalue weighted by atomic mass is 9.96. The highest BCUT2D eigenvalue weighted by Gasteiger charge is 2.18. The highest BCUT2D eigenvalue weighted by Crippen LogP contribution is 2.40. The Morgan fingerprint density at radius 1 is 1.16 bits per heavy atom. The van der Waals surface area contributed by atoms with E-state index in [0.29, 0.717) is 12.3 Å².